The minimum Gasteiger partial charge on any atom is -2.00 e. The summed E-state index contributed by atoms with van der Waals surface area (Å²) < 4.78 is 0. The number of hydrogen-bond acceptors (Lipinski definition) is 3. The molecule has 6 heteroatoms. The molecule has 0 aromatic rings. The molecule has 32 valence electrons. The molecule has 0 heterocycles. The van der Waals surface area contributed by atoms with Gasteiger partial charge >= 0.3 is 39.1 Å². The van der Waals surface area contributed by atoms with E-state index < -0.39 is 6.16 Å². The summed E-state index contributed by atoms with van der Waals surface area (Å²) in [4.78, 5) is 8.33. The molecule has 0 radical (unpaired) electrons. The van der Waals surface area contributed by atoms with Gasteiger partial charge in [-0.1, -0.05) is 0 Å². The first-order chi connectivity index (χ1) is 1.73. The normalized spacial score (nSPS) is 3.43. The molecule has 0 aromatic carbocycles. The second-order valence-electron chi connectivity index (χ2n) is 0.250. The van der Waals surface area contributed by atoms with E-state index >= 15 is 0 Å². The molecule has 0 aromatic heterocycles. The summed E-state index contributed by atoms with van der Waals surface area (Å²) >= 11 is 0. The van der Waals surface area contributed by atoms with E-state index in [4.69, 9.17) is 15.0 Å². The van der Waals surface area contributed by atoms with E-state index in [1.807, 2.05) is 0 Å². The van der Waals surface area contributed by atoms with Crippen LogP contribution in [0, 0.1) is 0 Å². The summed E-state index contributed by atoms with van der Waals surface area (Å²) in [5.74, 6) is 0. The molecule has 4 nitrogen and oxygen atoms in total. The minimum atomic E-state index is -2.33. The van der Waals surface area contributed by atoms with Gasteiger partial charge in [-0.15, -0.1) is 0 Å². The SMILES string of the molecule is O=C([O-])[O-].[Al+3].[O-2].[Ti+4]. The van der Waals surface area contributed by atoms with Gasteiger partial charge in [0, 0.05) is 0 Å². The van der Waals surface area contributed by atoms with Crippen LogP contribution in [0.1, 0.15) is 0 Å². The molecule has 0 amide bonds. The third-order valence-electron chi connectivity index (χ3n) is 0. The van der Waals surface area contributed by atoms with Gasteiger partial charge in [0.15, 0.2) is 0 Å². The molecular weight excluding hydrogens is 151 g/mol. The van der Waals surface area contributed by atoms with E-state index in [-0.39, 0.29) is 44.6 Å². The molecule has 7 heavy (non-hydrogen) atoms. The van der Waals surface area contributed by atoms with Gasteiger partial charge in [0.2, 0.25) is 0 Å². The Morgan fingerprint density at radius 3 is 1.29 bits per heavy atom. The molecular formula is CAlO4Ti+3. The van der Waals surface area contributed by atoms with Crippen molar-refractivity contribution in [2.24, 2.45) is 0 Å². The van der Waals surface area contributed by atoms with E-state index in [0.29, 0.717) is 0 Å². The molecule has 0 N–H and O–H groups in total. The van der Waals surface area contributed by atoms with Crippen LogP contribution in [0.3, 0.4) is 0 Å². The minimum absolute atomic E-state index is 0. The van der Waals surface area contributed by atoms with Crippen molar-refractivity contribution in [1.29, 1.82) is 0 Å². The Hall–Kier alpha value is 0.477. The summed E-state index contributed by atoms with van der Waals surface area (Å²) in [5, 5.41) is 16.7. The molecule has 0 aliphatic heterocycles. The molecule has 0 saturated carbocycles. The Labute approximate surface area is 65.8 Å². The van der Waals surface area contributed by atoms with E-state index in [0.717, 1.165) is 0 Å². The van der Waals surface area contributed by atoms with Gasteiger partial charge in [-0.2, -0.15) is 0 Å². The summed E-state index contributed by atoms with van der Waals surface area (Å²) in [7, 11) is 0. The Morgan fingerprint density at radius 1 is 1.29 bits per heavy atom. The maximum Gasteiger partial charge on any atom is 4.00 e. The quantitative estimate of drug-likeness (QED) is 0.346. The van der Waals surface area contributed by atoms with E-state index in [1.54, 1.807) is 0 Å². The monoisotopic (exact) mass is 151 g/mol. The third kappa shape index (κ3) is 571. The van der Waals surface area contributed by atoms with Crippen LogP contribution in [0.15, 0.2) is 0 Å². The van der Waals surface area contributed by atoms with Crippen LogP contribution >= 0.6 is 0 Å². The Morgan fingerprint density at radius 2 is 1.29 bits per heavy atom. The second-order valence-corrected chi connectivity index (χ2v) is 0.250. The number of rotatable bonds is 0. The largest absolute Gasteiger partial charge is 4.00 e. The summed E-state index contributed by atoms with van der Waals surface area (Å²) in [6, 6.07) is 0. The number of hydrogen-bond donors (Lipinski definition) is 0. The first-order valence-corrected chi connectivity index (χ1v) is 0.612. The standard InChI is InChI=1S/CH2O3.Al.O.Ti/c2-1(3)4;;;/h(H2,2,3,4);;;/q;+3;-2;+4/p-2. The van der Waals surface area contributed by atoms with Gasteiger partial charge in [0.1, 0.15) is 0 Å². The van der Waals surface area contributed by atoms with Gasteiger partial charge < -0.3 is 20.5 Å². The zero-order chi connectivity index (χ0) is 3.58. The molecule has 0 spiro atoms. The molecule has 0 bridgehead atoms. The van der Waals surface area contributed by atoms with Crippen LogP contribution in [0.2, 0.25) is 0 Å². The Kier molecular flexibility index (Phi) is 59.6. The number of carboxylic acid groups (broad SMARTS) is 2. The zero-order valence-corrected chi connectivity index (χ0v) is 5.93. The Bertz CT molecular complexity index is 34.7. The predicted molar refractivity (Wildman–Crippen MR) is 11.8 cm³/mol. The fourth-order valence-corrected chi connectivity index (χ4v) is 0. The molecule has 0 unspecified atom stereocenters. The van der Waals surface area contributed by atoms with Crippen molar-refractivity contribution in [2.45, 2.75) is 0 Å². The van der Waals surface area contributed by atoms with Crippen molar-refractivity contribution in [2.75, 3.05) is 0 Å². The molecule has 0 saturated heterocycles. The molecule has 0 fully saturated rings. The first-order valence-electron chi connectivity index (χ1n) is 0.612. The van der Waals surface area contributed by atoms with Crippen LogP contribution in [-0.2, 0) is 27.2 Å². The fraction of sp³-hybridized carbons (Fsp3) is 0. The third-order valence-corrected chi connectivity index (χ3v) is 0. The average Bonchev–Trinajstić information content (AvgIpc) is 0.811. The van der Waals surface area contributed by atoms with Gasteiger partial charge in [-0.05, 0) is 6.16 Å². The second kappa shape index (κ2) is 16.1. The summed E-state index contributed by atoms with van der Waals surface area (Å²) in [6.07, 6.45) is -2.33. The predicted octanol–water partition coefficient (Wildman–Crippen LogP) is -2.95. The molecule has 0 rings (SSSR count). The summed E-state index contributed by atoms with van der Waals surface area (Å²) in [6.45, 7) is 0. The van der Waals surface area contributed by atoms with Crippen molar-refractivity contribution >= 4 is 23.5 Å². The zero-order valence-electron chi connectivity index (χ0n) is 3.21. The maximum absolute atomic E-state index is 8.33. The Balaban J connectivity index is -0.0000000150. The number of carbonyl (C=O) groups is 1. The molecule has 0 aliphatic carbocycles. The van der Waals surface area contributed by atoms with Gasteiger partial charge in [0.25, 0.3) is 0 Å². The number of carbonyl (C=O) groups excluding carboxylic acids is 1. The van der Waals surface area contributed by atoms with Crippen molar-refractivity contribution in [3.05, 3.63) is 0 Å². The van der Waals surface area contributed by atoms with E-state index in [9.17, 15) is 0 Å². The van der Waals surface area contributed by atoms with Crippen molar-refractivity contribution in [3.8, 4) is 0 Å². The summed E-state index contributed by atoms with van der Waals surface area (Å²) in [5.41, 5.74) is 0. The van der Waals surface area contributed by atoms with Gasteiger partial charge in [0.05, 0.1) is 0 Å². The maximum atomic E-state index is 8.33. The van der Waals surface area contributed by atoms with Gasteiger partial charge in [-0.3, -0.25) is 0 Å². The van der Waals surface area contributed by atoms with Crippen LogP contribution < -0.4 is 10.2 Å². The van der Waals surface area contributed by atoms with Crippen LogP contribution in [0.25, 0.3) is 0 Å². The van der Waals surface area contributed by atoms with Crippen molar-refractivity contribution in [3.63, 3.8) is 0 Å². The van der Waals surface area contributed by atoms with Crippen LogP contribution in [0.5, 0.6) is 0 Å². The smallest absolute Gasteiger partial charge is 2.00 e. The van der Waals surface area contributed by atoms with Crippen molar-refractivity contribution in [1.82, 2.24) is 0 Å². The first kappa shape index (κ1) is 25.9. The molecule has 0 atom stereocenters. The average molecular weight is 151 g/mol. The van der Waals surface area contributed by atoms with Gasteiger partial charge in [-0.25, -0.2) is 0 Å². The fourth-order valence-electron chi connectivity index (χ4n) is 0. The van der Waals surface area contributed by atoms with Crippen molar-refractivity contribution < 1.29 is 42.2 Å². The topological polar surface area (TPSA) is 91.7 Å². The van der Waals surface area contributed by atoms with E-state index in [1.165, 1.54) is 0 Å². The van der Waals surface area contributed by atoms with Crippen LogP contribution in [-0.4, -0.2) is 23.5 Å². The molecule has 0 aliphatic rings. The van der Waals surface area contributed by atoms with Crippen LogP contribution in [0.4, 0.5) is 4.79 Å². The van der Waals surface area contributed by atoms with E-state index in [2.05, 4.69) is 0 Å².